The van der Waals surface area contributed by atoms with E-state index in [-0.39, 0.29) is 27.5 Å². The SMILES string of the molecule is CCOC(=O)CN(c1ccccc1C(C)C)S(=O)(=O)c1cc(Cl)ccc1Cl. The third-order valence-corrected chi connectivity index (χ3v) is 6.34. The fraction of sp³-hybridized carbons (Fsp3) is 0.316. The highest BCUT2D eigenvalue weighted by Crippen LogP contribution is 2.34. The summed E-state index contributed by atoms with van der Waals surface area (Å²) < 4.78 is 32.8. The second-order valence-electron chi connectivity index (χ2n) is 6.10. The largest absolute Gasteiger partial charge is 0.465 e. The Morgan fingerprint density at radius 1 is 1.15 bits per heavy atom. The van der Waals surface area contributed by atoms with Crippen LogP contribution >= 0.6 is 23.2 Å². The minimum Gasteiger partial charge on any atom is -0.465 e. The first-order valence-electron chi connectivity index (χ1n) is 8.40. The van der Waals surface area contributed by atoms with Crippen molar-refractivity contribution in [1.29, 1.82) is 0 Å². The van der Waals surface area contributed by atoms with Crippen LogP contribution in [0.2, 0.25) is 10.0 Å². The van der Waals surface area contributed by atoms with Gasteiger partial charge < -0.3 is 4.74 Å². The lowest BCUT2D eigenvalue weighted by atomic mass is 10.0. The predicted molar refractivity (Wildman–Crippen MR) is 108 cm³/mol. The summed E-state index contributed by atoms with van der Waals surface area (Å²) in [4.78, 5) is 12.0. The van der Waals surface area contributed by atoms with E-state index in [1.54, 1.807) is 19.1 Å². The molecule has 5 nitrogen and oxygen atoms in total. The van der Waals surface area contributed by atoms with Crippen LogP contribution in [0.4, 0.5) is 5.69 Å². The van der Waals surface area contributed by atoms with Crippen molar-refractivity contribution in [2.75, 3.05) is 17.5 Å². The van der Waals surface area contributed by atoms with Gasteiger partial charge in [0.2, 0.25) is 0 Å². The summed E-state index contributed by atoms with van der Waals surface area (Å²) in [5.74, 6) is -0.617. The molecular weight excluding hydrogens is 409 g/mol. The predicted octanol–water partition coefficient (Wildman–Crippen LogP) is 4.88. The van der Waals surface area contributed by atoms with Crippen LogP contribution < -0.4 is 4.31 Å². The molecule has 0 fully saturated rings. The first-order chi connectivity index (χ1) is 12.7. The molecule has 0 aliphatic heterocycles. The molecule has 0 N–H and O–H groups in total. The van der Waals surface area contributed by atoms with Crippen molar-refractivity contribution in [2.24, 2.45) is 0 Å². The Bertz CT molecular complexity index is 929. The highest BCUT2D eigenvalue weighted by atomic mass is 35.5. The summed E-state index contributed by atoms with van der Waals surface area (Å²) in [6.07, 6.45) is 0. The molecule has 0 saturated heterocycles. The van der Waals surface area contributed by atoms with Crippen LogP contribution in [-0.4, -0.2) is 27.5 Å². The van der Waals surface area contributed by atoms with E-state index in [0.717, 1.165) is 9.87 Å². The number of para-hydroxylation sites is 1. The van der Waals surface area contributed by atoms with Crippen LogP contribution in [0.15, 0.2) is 47.4 Å². The molecule has 146 valence electrons. The van der Waals surface area contributed by atoms with Crippen LogP contribution in [0.25, 0.3) is 0 Å². The number of hydrogen-bond acceptors (Lipinski definition) is 4. The summed E-state index contributed by atoms with van der Waals surface area (Å²) in [6.45, 7) is 5.23. The average molecular weight is 430 g/mol. The zero-order chi connectivity index (χ0) is 20.2. The zero-order valence-corrected chi connectivity index (χ0v) is 17.6. The van der Waals surface area contributed by atoms with Gasteiger partial charge in [0.25, 0.3) is 10.0 Å². The Labute approximate surface area is 169 Å². The molecule has 27 heavy (non-hydrogen) atoms. The minimum atomic E-state index is -4.16. The monoisotopic (exact) mass is 429 g/mol. The molecule has 0 spiro atoms. The summed E-state index contributed by atoms with van der Waals surface area (Å²) in [6, 6.07) is 11.2. The maximum Gasteiger partial charge on any atom is 0.326 e. The molecule has 0 aromatic heterocycles. The number of sulfonamides is 1. The molecule has 2 rings (SSSR count). The first-order valence-corrected chi connectivity index (χ1v) is 10.6. The Balaban J connectivity index is 2.66. The van der Waals surface area contributed by atoms with Crippen LogP contribution in [0.5, 0.6) is 0 Å². The van der Waals surface area contributed by atoms with Gasteiger partial charge in [-0.25, -0.2) is 8.42 Å². The third-order valence-electron chi connectivity index (χ3n) is 3.87. The normalized spacial score (nSPS) is 11.5. The van der Waals surface area contributed by atoms with Crippen LogP contribution in [0, 0.1) is 0 Å². The van der Waals surface area contributed by atoms with Crippen molar-refractivity contribution in [2.45, 2.75) is 31.6 Å². The van der Waals surface area contributed by atoms with Crippen molar-refractivity contribution >= 4 is 44.9 Å². The minimum absolute atomic E-state index is 0.0234. The average Bonchev–Trinajstić information content (AvgIpc) is 2.61. The molecule has 0 aliphatic carbocycles. The van der Waals surface area contributed by atoms with E-state index in [9.17, 15) is 13.2 Å². The van der Waals surface area contributed by atoms with Gasteiger partial charge in [0, 0.05) is 5.02 Å². The number of nitrogens with zero attached hydrogens (tertiary/aromatic N) is 1. The van der Waals surface area contributed by atoms with Gasteiger partial charge in [-0.3, -0.25) is 9.10 Å². The Kier molecular flexibility index (Phi) is 7.14. The summed E-state index contributed by atoms with van der Waals surface area (Å²) in [5, 5.41) is 0.251. The summed E-state index contributed by atoms with van der Waals surface area (Å²) in [7, 11) is -4.16. The van der Waals surface area contributed by atoms with Crippen molar-refractivity contribution in [1.82, 2.24) is 0 Å². The second-order valence-corrected chi connectivity index (χ2v) is 8.78. The fourth-order valence-corrected chi connectivity index (χ4v) is 4.80. The molecule has 0 atom stereocenters. The van der Waals surface area contributed by atoms with Crippen molar-refractivity contribution in [3.05, 3.63) is 58.1 Å². The Hall–Kier alpha value is -1.76. The molecular formula is C19H21Cl2NO4S. The molecule has 0 heterocycles. The number of anilines is 1. The van der Waals surface area contributed by atoms with Gasteiger partial charge in [-0.2, -0.15) is 0 Å². The second kappa shape index (κ2) is 8.95. The van der Waals surface area contributed by atoms with Crippen molar-refractivity contribution < 1.29 is 17.9 Å². The maximum absolute atomic E-state index is 13.4. The van der Waals surface area contributed by atoms with Gasteiger partial charge in [0.15, 0.2) is 0 Å². The lowest BCUT2D eigenvalue weighted by molar-refractivity contribution is -0.141. The first kappa shape index (κ1) is 21.5. The van der Waals surface area contributed by atoms with E-state index < -0.39 is 22.5 Å². The maximum atomic E-state index is 13.4. The number of carbonyl (C=O) groups excluding carboxylic acids is 1. The van der Waals surface area contributed by atoms with E-state index in [1.807, 2.05) is 26.0 Å². The molecule has 0 amide bonds. The topological polar surface area (TPSA) is 63.7 Å². The third kappa shape index (κ3) is 4.94. The standard InChI is InChI=1S/C19H21Cl2NO4S/c1-4-26-19(23)12-22(17-8-6-5-7-15(17)13(2)3)27(24,25)18-11-14(20)9-10-16(18)21/h5-11,13H,4,12H2,1-3H3. The lowest BCUT2D eigenvalue weighted by Gasteiger charge is -2.27. The van der Waals surface area contributed by atoms with E-state index in [2.05, 4.69) is 0 Å². The van der Waals surface area contributed by atoms with Crippen molar-refractivity contribution in [3.63, 3.8) is 0 Å². The summed E-state index contributed by atoms with van der Waals surface area (Å²) >= 11 is 12.1. The van der Waals surface area contributed by atoms with Crippen LogP contribution in [-0.2, 0) is 19.6 Å². The Morgan fingerprint density at radius 3 is 2.44 bits per heavy atom. The molecule has 0 saturated carbocycles. The molecule has 0 bridgehead atoms. The van der Waals surface area contributed by atoms with Gasteiger partial charge in [-0.05, 0) is 42.7 Å². The molecule has 0 radical (unpaired) electrons. The van der Waals surface area contributed by atoms with E-state index >= 15 is 0 Å². The van der Waals surface area contributed by atoms with Gasteiger partial charge in [0.1, 0.15) is 11.4 Å². The smallest absolute Gasteiger partial charge is 0.326 e. The quantitative estimate of drug-likeness (QED) is 0.588. The van der Waals surface area contributed by atoms with Gasteiger partial charge in [-0.1, -0.05) is 55.2 Å². The number of ether oxygens (including phenoxy) is 1. The van der Waals surface area contributed by atoms with Crippen LogP contribution in [0.3, 0.4) is 0 Å². The highest BCUT2D eigenvalue weighted by Gasteiger charge is 2.31. The van der Waals surface area contributed by atoms with Gasteiger partial charge >= 0.3 is 5.97 Å². The lowest BCUT2D eigenvalue weighted by Crippen LogP contribution is -2.37. The highest BCUT2D eigenvalue weighted by molar-refractivity contribution is 7.93. The zero-order valence-electron chi connectivity index (χ0n) is 15.3. The Morgan fingerprint density at radius 2 is 1.81 bits per heavy atom. The van der Waals surface area contributed by atoms with E-state index in [0.29, 0.717) is 5.69 Å². The molecule has 2 aromatic carbocycles. The molecule has 8 heteroatoms. The molecule has 2 aromatic rings. The van der Waals surface area contributed by atoms with Gasteiger partial charge in [-0.15, -0.1) is 0 Å². The molecule has 0 aliphatic rings. The number of halogens is 2. The number of esters is 1. The van der Waals surface area contributed by atoms with Gasteiger partial charge in [0.05, 0.1) is 17.3 Å². The number of rotatable bonds is 7. The number of carbonyl (C=O) groups is 1. The fourth-order valence-electron chi connectivity index (χ4n) is 2.62. The van der Waals surface area contributed by atoms with E-state index in [1.165, 1.54) is 18.2 Å². The summed E-state index contributed by atoms with van der Waals surface area (Å²) in [5.41, 5.74) is 1.18. The number of benzene rings is 2. The van der Waals surface area contributed by atoms with E-state index in [4.69, 9.17) is 27.9 Å². The molecule has 0 unspecified atom stereocenters. The van der Waals surface area contributed by atoms with Crippen molar-refractivity contribution in [3.8, 4) is 0 Å². The number of hydrogen-bond donors (Lipinski definition) is 0. The van der Waals surface area contributed by atoms with Crippen LogP contribution in [0.1, 0.15) is 32.3 Å².